The lowest BCUT2D eigenvalue weighted by Gasteiger charge is -2.26. The molecule has 2 aliphatic rings. The van der Waals surface area contributed by atoms with Crippen LogP contribution in [0.4, 0.5) is 0 Å². The molecule has 2 unspecified atom stereocenters. The lowest BCUT2D eigenvalue weighted by atomic mass is 9.92. The first-order chi connectivity index (χ1) is 15.6. The number of morpholine rings is 1. The van der Waals surface area contributed by atoms with Gasteiger partial charge in [0, 0.05) is 43.1 Å². The number of hydrogen-bond acceptors (Lipinski definition) is 4. The monoisotopic (exact) mass is 565 g/mol. The van der Waals surface area contributed by atoms with Gasteiger partial charge < -0.3 is 49.4 Å². The summed E-state index contributed by atoms with van der Waals surface area (Å²) in [7, 11) is 2.07. The number of benzene rings is 2. The molecule has 2 aromatic rings. The van der Waals surface area contributed by atoms with Crippen LogP contribution in [0.1, 0.15) is 44.2 Å². The van der Waals surface area contributed by atoms with Gasteiger partial charge in [0.15, 0.2) is 0 Å². The van der Waals surface area contributed by atoms with Crippen molar-refractivity contribution in [2.75, 3.05) is 39.9 Å². The molecule has 1 aliphatic carbocycles. The second kappa shape index (κ2) is 11.9. The molecule has 1 saturated heterocycles. The van der Waals surface area contributed by atoms with Crippen LogP contribution in [0.2, 0.25) is 0 Å². The highest BCUT2D eigenvalue weighted by Crippen LogP contribution is 2.34. The van der Waals surface area contributed by atoms with Crippen molar-refractivity contribution >= 4 is 11.8 Å². The zero-order chi connectivity index (χ0) is 22.5. The minimum absolute atomic E-state index is 0. The number of hydrogen-bond donors (Lipinski definition) is 3. The molecule has 7 nitrogen and oxygen atoms in total. The normalized spacial score (nSPS) is 20.5. The number of nitrogens with zero attached hydrogens (tertiary/aromatic N) is 1. The van der Waals surface area contributed by atoms with Crippen LogP contribution in [0.25, 0.3) is 0 Å². The van der Waals surface area contributed by atoms with Gasteiger partial charge in [0.1, 0.15) is 0 Å². The molecule has 0 spiro atoms. The van der Waals surface area contributed by atoms with Crippen LogP contribution < -0.4 is 34.6 Å². The van der Waals surface area contributed by atoms with Crippen LogP contribution in [-0.4, -0.2) is 73.9 Å². The number of nitrogens with two attached hydrogens (primary N) is 1. The molecular formula is C25H32IN3O4. The lowest BCUT2D eigenvalue weighted by molar-refractivity contribution is -0.665. The molecule has 1 heterocycles. The number of aliphatic hydroxyl groups is 1. The fourth-order valence-electron chi connectivity index (χ4n) is 4.76. The van der Waals surface area contributed by atoms with Gasteiger partial charge in [-0.2, -0.15) is 0 Å². The molecular weight excluding hydrogens is 533 g/mol. The first kappa shape index (κ1) is 25.6. The average molecular weight is 565 g/mol. The van der Waals surface area contributed by atoms with Crippen molar-refractivity contribution in [3.63, 3.8) is 0 Å². The molecule has 3 atom stereocenters. The van der Waals surface area contributed by atoms with E-state index in [4.69, 9.17) is 4.74 Å². The molecule has 1 aliphatic heterocycles. The van der Waals surface area contributed by atoms with Crippen molar-refractivity contribution in [3.8, 4) is 0 Å². The Hall–Kier alpha value is -2.01. The van der Waals surface area contributed by atoms with Gasteiger partial charge in [-0.25, -0.2) is 0 Å². The van der Waals surface area contributed by atoms with Crippen LogP contribution in [-0.2, 0) is 11.2 Å². The molecule has 4 N–H and O–H groups in total. The predicted octanol–water partition coefficient (Wildman–Crippen LogP) is -2.45. The fourth-order valence-corrected chi connectivity index (χ4v) is 4.76. The average Bonchev–Trinajstić information content (AvgIpc) is 3.20. The summed E-state index contributed by atoms with van der Waals surface area (Å²) < 4.78 is 5.28. The smallest absolute Gasteiger partial charge is 0.254 e. The topological polar surface area (TPSA) is 95.5 Å². The van der Waals surface area contributed by atoms with Crippen LogP contribution >= 0.6 is 0 Å². The van der Waals surface area contributed by atoms with Crippen molar-refractivity contribution in [2.24, 2.45) is 0 Å². The molecule has 0 aromatic heterocycles. The van der Waals surface area contributed by atoms with E-state index < -0.39 is 6.10 Å². The Morgan fingerprint density at radius 2 is 1.79 bits per heavy atom. The number of carbonyl (C=O) groups excluding carboxylic acids is 2. The van der Waals surface area contributed by atoms with Gasteiger partial charge in [-0.1, -0.05) is 24.3 Å². The van der Waals surface area contributed by atoms with Gasteiger partial charge in [0.05, 0.1) is 32.4 Å². The molecule has 0 radical (unpaired) electrons. The Balaban J connectivity index is 0.00000306. The highest BCUT2D eigenvalue weighted by atomic mass is 127. The minimum atomic E-state index is -0.625. The zero-order valence-electron chi connectivity index (χ0n) is 18.9. The summed E-state index contributed by atoms with van der Waals surface area (Å²) in [6.07, 6.45) is 0.991. The van der Waals surface area contributed by atoms with E-state index in [1.807, 2.05) is 6.07 Å². The number of nitrogens with one attached hydrogen (secondary N) is 1. The zero-order valence-corrected chi connectivity index (χ0v) is 21.0. The van der Waals surface area contributed by atoms with Crippen molar-refractivity contribution in [3.05, 3.63) is 70.8 Å². The first-order valence-corrected chi connectivity index (χ1v) is 11.4. The van der Waals surface area contributed by atoms with E-state index in [0.717, 1.165) is 6.42 Å². The number of aliphatic hydroxyl groups excluding tert-OH is 1. The molecule has 1 fully saturated rings. The Morgan fingerprint density at radius 1 is 1.12 bits per heavy atom. The summed E-state index contributed by atoms with van der Waals surface area (Å²) in [5, 5.41) is 15.7. The van der Waals surface area contributed by atoms with Gasteiger partial charge in [-0.15, -0.1) is 0 Å². The van der Waals surface area contributed by atoms with E-state index in [-0.39, 0.29) is 48.3 Å². The number of halogens is 1. The van der Waals surface area contributed by atoms with E-state index in [9.17, 15) is 14.7 Å². The number of amides is 2. The Kier molecular flexibility index (Phi) is 9.25. The van der Waals surface area contributed by atoms with Crippen LogP contribution in [0.5, 0.6) is 0 Å². The molecule has 0 saturated carbocycles. The van der Waals surface area contributed by atoms with Crippen molar-refractivity contribution < 1.29 is 48.7 Å². The van der Waals surface area contributed by atoms with E-state index in [1.165, 1.54) is 11.1 Å². The van der Waals surface area contributed by atoms with Crippen molar-refractivity contribution in [2.45, 2.75) is 30.9 Å². The third kappa shape index (κ3) is 6.11. The van der Waals surface area contributed by atoms with Crippen LogP contribution in [0, 0.1) is 0 Å². The standard InChI is InChI=1S/C25H31N3O4.HI/c1-26-23-14-19-4-2-3-5-21(19)22(23)15-20(29)16-27-24(30)17-6-8-18(9-7-17)25(31)28-10-12-32-13-11-28;/h2-9,20,22-23,26,29H,10-16H2,1H3,(H,27,30);1H/t20-,22?,23?;/m1./s1. The Labute approximate surface area is 211 Å². The number of likely N-dealkylation sites (N-methyl/N-ethyl adjacent to an activating group) is 1. The maximum absolute atomic E-state index is 12.5. The Morgan fingerprint density at radius 3 is 2.48 bits per heavy atom. The maximum Gasteiger partial charge on any atom is 0.254 e. The number of rotatable bonds is 7. The number of quaternary nitrogens is 1. The van der Waals surface area contributed by atoms with Gasteiger partial charge in [-0.3, -0.25) is 9.59 Å². The van der Waals surface area contributed by atoms with Gasteiger partial charge in [-0.05, 0) is 41.8 Å². The molecule has 0 bridgehead atoms. The number of carbonyl (C=O) groups is 2. The van der Waals surface area contributed by atoms with Gasteiger partial charge in [0.2, 0.25) is 0 Å². The first-order valence-electron chi connectivity index (χ1n) is 11.4. The predicted molar refractivity (Wildman–Crippen MR) is 121 cm³/mol. The largest absolute Gasteiger partial charge is 1.00 e. The summed E-state index contributed by atoms with van der Waals surface area (Å²) in [4.78, 5) is 26.8. The molecule has 8 heteroatoms. The third-order valence-corrected chi connectivity index (χ3v) is 6.57. The Bertz CT molecular complexity index is 947. The number of ether oxygens (including phenoxy) is 1. The molecule has 4 rings (SSSR count). The summed E-state index contributed by atoms with van der Waals surface area (Å²) in [6.45, 7) is 2.47. The molecule has 33 heavy (non-hydrogen) atoms. The van der Waals surface area contributed by atoms with E-state index in [0.29, 0.717) is 49.9 Å². The third-order valence-electron chi connectivity index (χ3n) is 6.57. The summed E-state index contributed by atoms with van der Waals surface area (Å²) in [5.41, 5.74) is 3.69. The van der Waals surface area contributed by atoms with Crippen LogP contribution in [0.3, 0.4) is 0 Å². The van der Waals surface area contributed by atoms with Crippen LogP contribution in [0.15, 0.2) is 48.5 Å². The summed E-state index contributed by atoms with van der Waals surface area (Å²) in [5.74, 6) is -0.0248. The van der Waals surface area contributed by atoms with Crippen molar-refractivity contribution in [1.29, 1.82) is 0 Å². The van der Waals surface area contributed by atoms with E-state index >= 15 is 0 Å². The van der Waals surface area contributed by atoms with E-state index in [1.54, 1.807) is 29.2 Å². The molecule has 178 valence electrons. The lowest BCUT2D eigenvalue weighted by Crippen LogP contribution is -3.00. The maximum atomic E-state index is 12.5. The molecule has 2 amide bonds. The number of fused-ring (bicyclic) bond motifs is 1. The van der Waals surface area contributed by atoms with E-state index in [2.05, 4.69) is 35.9 Å². The highest BCUT2D eigenvalue weighted by Gasteiger charge is 2.35. The fraction of sp³-hybridized carbons (Fsp3) is 0.440. The summed E-state index contributed by atoms with van der Waals surface area (Å²) in [6, 6.07) is 15.5. The second-order valence-corrected chi connectivity index (χ2v) is 8.59. The molecule has 2 aromatic carbocycles. The quantitative estimate of drug-likeness (QED) is 0.325. The van der Waals surface area contributed by atoms with Gasteiger partial charge >= 0.3 is 0 Å². The minimum Gasteiger partial charge on any atom is -1.00 e. The summed E-state index contributed by atoms with van der Waals surface area (Å²) >= 11 is 0. The SMILES string of the molecule is C[NH2+]C1Cc2ccccc2C1C[C@@H](O)CNC(=O)c1ccc(C(=O)N2CCOCC2)cc1.[I-]. The second-order valence-electron chi connectivity index (χ2n) is 8.59. The van der Waals surface area contributed by atoms with Crippen molar-refractivity contribution in [1.82, 2.24) is 10.2 Å². The highest BCUT2D eigenvalue weighted by molar-refractivity contribution is 5.97. The van der Waals surface area contributed by atoms with Gasteiger partial charge in [0.25, 0.3) is 11.8 Å².